The lowest BCUT2D eigenvalue weighted by atomic mass is 10.1. The molecule has 3 heteroatoms. The van der Waals surface area contributed by atoms with Gasteiger partial charge in [0.1, 0.15) is 5.60 Å². The molecule has 0 heterocycles. The average Bonchev–Trinajstić information content (AvgIpc) is 2.16. The number of carbonyl (C=O) groups is 1. The van der Waals surface area contributed by atoms with E-state index in [1.165, 1.54) is 6.08 Å². The Morgan fingerprint density at radius 2 is 2.13 bits per heavy atom. The fourth-order valence-corrected chi connectivity index (χ4v) is 0.989. The predicted molar refractivity (Wildman–Crippen MR) is 60.7 cm³/mol. The summed E-state index contributed by atoms with van der Waals surface area (Å²) >= 11 is 0. The van der Waals surface area contributed by atoms with E-state index >= 15 is 0 Å². The first-order chi connectivity index (χ1) is 6.91. The molecule has 0 saturated heterocycles. The molecular formula is C12H22O3. The van der Waals surface area contributed by atoms with E-state index in [0.717, 1.165) is 6.42 Å². The van der Waals surface area contributed by atoms with Crippen LogP contribution < -0.4 is 0 Å². The molecule has 0 aromatic rings. The highest BCUT2D eigenvalue weighted by Gasteiger charge is 2.21. The minimum atomic E-state index is -0.487. The second-order valence-corrected chi connectivity index (χ2v) is 4.22. The van der Waals surface area contributed by atoms with Gasteiger partial charge in [-0.3, -0.25) is 0 Å². The summed E-state index contributed by atoms with van der Waals surface area (Å²) in [6.45, 7) is 11.8. The van der Waals surface area contributed by atoms with E-state index in [2.05, 4.69) is 13.5 Å². The third kappa shape index (κ3) is 7.14. The lowest BCUT2D eigenvalue weighted by Gasteiger charge is -2.25. The maximum Gasteiger partial charge on any atom is 0.330 e. The average molecular weight is 214 g/mol. The van der Waals surface area contributed by atoms with E-state index in [-0.39, 0.29) is 12.1 Å². The first-order valence-corrected chi connectivity index (χ1v) is 5.38. The highest BCUT2D eigenvalue weighted by molar-refractivity contribution is 5.81. The Balaban J connectivity index is 3.83. The van der Waals surface area contributed by atoms with Crippen molar-refractivity contribution in [3.8, 4) is 0 Å². The normalized spacial score (nSPS) is 13.3. The summed E-state index contributed by atoms with van der Waals surface area (Å²) in [6.07, 6.45) is 3.12. The summed E-state index contributed by atoms with van der Waals surface area (Å²) in [4.78, 5) is 11.0. The molecule has 1 atom stereocenters. The Morgan fingerprint density at radius 3 is 2.60 bits per heavy atom. The molecule has 0 spiro atoms. The summed E-state index contributed by atoms with van der Waals surface area (Å²) in [5.74, 6) is -0.386. The number of carbonyl (C=O) groups excluding carboxylic acids is 1. The molecule has 1 unspecified atom stereocenters. The Bertz CT molecular complexity index is 209. The van der Waals surface area contributed by atoms with E-state index in [1.807, 2.05) is 20.8 Å². The lowest BCUT2D eigenvalue weighted by molar-refractivity contribution is -0.152. The van der Waals surface area contributed by atoms with Gasteiger partial charge in [0, 0.05) is 12.5 Å². The second-order valence-electron chi connectivity index (χ2n) is 4.22. The molecule has 0 aromatic carbocycles. The van der Waals surface area contributed by atoms with Crippen LogP contribution in [0.3, 0.4) is 0 Å². The summed E-state index contributed by atoms with van der Waals surface area (Å²) in [5, 5.41) is 0. The molecule has 0 aliphatic rings. The zero-order valence-electron chi connectivity index (χ0n) is 10.2. The highest BCUT2D eigenvalue weighted by Crippen LogP contribution is 2.15. The molecule has 0 aliphatic heterocycles. The Kier molecular flexibility index (Phi) is 6.25. The zero-order chi connectivity index (χ0) is 11.9. The van der Waals surface area contributed by atoms with Gasteiger partial charge in [-0.2, -0.15) is 0 Å². The molecule has 0 rings (SSSR count). The lowest BCUT2D eigenvalue weighted by Crippen LogP contribution is -2.29. The van der Waals surface area contributed by atoms with Crippen LogP contribution in [0.25, 0.3) is 0 Å². The van der Waals surface area contributed by atoms with Crippen molar-refractivity contribution in [2.24, 2.45) is 0 Å². The monoisotopic (exact) mass is 214 g/mol. The maximum atomic E-state index is 11.0. The molecule has 0 N–H and O–H groups in total. The van der Waals surface area contributed by atoms with Gasteiger partial charge in [0.25, 0.3) is 0 Å². The molecule has 0 fully saturated rings. The maximum absolute atomic E-state index is 11.0. The van der Waals surface area contributed by atoms with Crippen molar-refractivity contribution in [3.63, 3.8) is 0 Å². The number of rotatable bonds is 7. The highest BCUT2D eigenvalue weighted by atomic mass is 16.6. The predicted octanol–water partition coefficient (Wildman–Crippen LogP) is 2.70. The van der Waals surface area contributed by atoms with Crippen LogP contribution in [0, 0.1) is 0 Å². The summed E-state index contributed by atoms with van der Waals surface area (Å²) < 4.78 is 10.7. The van der Waals surface area contributed by atoms with Crippen molar-refractivity contribution in [2.45, 2.75) is 52.2 Å². The summed E-state index contributed by atoms with van der Waals surface area (Å²) in [6, 6.07) is 0. The fourth-order valence-electron chi connectivity index (χ4n) is 0.989. The molecule has 0 amide bonds. The van der Waals surface area contributed by atoms with E-state index < -0.39 is 5.60 Å². The van der Waals surface area contributed by atoms with E-state index in [9.17, 15) is 4.79 Å². The first kappa shape index (κ1) is 14.2. The van der Waals surface area contributed by atoms with Gasteiger partial charge in [0.05, 0.1) is 12.7 Å². The smallest absolute Gasteiger partial charge is 0.330 e. The van der Waals surface area contributed by atoms with Gasteiger partial charge >= 0.3 is 5.97 Å². The van der Waals surface area contributed by atoms with Crippen molar-refractivity contribution in [2.75, 3.05) is 6.61 Å². The summed E-state index contributed by atoms with van der Waals surface area (Å²) in [7, 11) is 0. The van der Waals surface area contributed by atoms with Crippen LogP contribution in [-0.2, 0) is 14.3 Å². The van der Waals surface area contributed by atoms with Crippen LogP contribution in [-0.4, -0.2) is 24.3 Å². The van der Waals surface area contributed by atoms with Crippen LogP contribution in [0.4, 0.5) is 0 Å². The van der Waals surface area contributed by atoms with Gasteiger partial charge in [-0.15, -0.1) is 0 Å². The minimum Gasteiger partial charge on any atom is -0.456 e. The molecule has 0 aromatic heterocycles. The van der Waals surface area contributed by atoms with Crippen molar-refractivity contribution in [3.05, 3.63) is 12.7 Å². The number of ether oxygens (including phenoxy) is 2. The molecule has 88 valence electrons. The molecular weight excluding hydrogens is 192 g/mol. The van der Waals surface area contributed by atoms with Crippen LogP contribution >= 0.6 is 0 Å². The Hall–Kier alpha value is -0.830. The number of esters is 1. The topological polar surface area (TPSA) is 35.5 Å². The first-order valence-electron chi connectivity index (χ1n) is 5.38. The third-order valence-electron chi connectivity index (χ3n) is 2.22. The molecule has 0 bridgehead atoms. The van der Waals surface area contributed by atoms with Crippen LogP contribution in [0.15, 0.2) is 12.7 Å². The second kappa shape index (κ2) is 6.62. The van der Waals surface area contributed by atoms with E-state index in [1.54, 1.807) is 0 Å². The largest absolute Gasteiger partial charge is 0.456 e. The molecule has 0 saturated carbocycles. The molecule has 3 nitrogen and oxygen atoms in total. The van der Waals surface area contributed by atoms with Gasteiger partial charge in [-0.05, 0) is 27.2 Å². The van der Waals surface area contributed by atoms with Crippen LogP contribution in [0.5, 0.6) is 0 Å². The third-order valence-corrected chi connectivity index (χ3v) is 2.22. The van der Waals surface area contributed by atoms with Gasteiger partial charge in [0.2, 0.25) is 0 Å². The van der Waals surface area contributed by atoms with Crippen molar-refractivity contribution >= 4 is 5.97 Å². The molecule has 0 radical (unpaired) electrons. The fraction of sp³-hybridized carbons (Fsp3) is 0.750. The van der Waals surface area contributed by atoms with Gasteiger partial charge in [0.15, 0.2) is 0 Å². The van der Waals surface area contributed by atoms with E-state index in [0.29, 0.717) is 13.0 Å². The van der Waals surface area contributed by atoms with Crippen molar-refractivity contribution in [1.82, 2.24) is 0 Å². The van der Waals surface area contributed by atoms with Crippen molar-refractivity contribution < 1.29 is 14.3 Å². The number of hydrogen-bond acceptors (Lipinski definition) is 3. The summed E-state index contributed by atoms with van der Waals surface area (Å²) in [5.41, 5.74) is -0.487. The van der Waals surface area contributed by atoms with Gasteiger partial charge in [-0.25, -0.2) is 4.79 Å². The standard InChI is InChI=1S/C12H22O3/c1-6-10(3)14-9-8-12(4,5)15-11(13)7-2/h7,10H,2,6,8-9H2,1,3-5H3. The SMILES string of the molecule is C=CC(=O)OC(C)(C)CCOC(C)CC. The molecule has 0 aliphatic carbocycles. The minimum absolute atomic E-state index is 0.260. The van der Waals surface area contributed by atoms with Crippen LogP contribution in [0.1, 0.15) is 40.5 Å². The Labute approximate surface area is 92.5 Å². The zero-order valence-corrected chi connectivity index (χ0v) is 10.2. The van der Waals surface area contributed by atoms with Gasteiger partial charge < -0.3 is 9.47 Å². The Morgan fingerprint density at radius 1 is 1.53 bits per heavy atom. The number of hydrogen-bond donors (Lipinski definition) is 0. The quantitative estimate of drug-likeness (QED) is 0.483. The molecule has 15 heavy (non-hydrogen) atoms. The van der Waals surface area contributed by atoms with E-state index in [4.69, 9.17) is 9.47 Å². The van der Waals surface area contributed by atoms with Crippen LogP contribution in [0.2, 0.25) is 0 Å². The van der Waals surface area contributed by atoms with Crippen molar-refractivity contribution in [1.29, 1.82) is 0 Å². The van der Waals surface area contributed by atoms with Gasteiger partial charge in [-0.1, -0.05) is 13.5 Å².